The van der Waals surface area contributed by atoms with Gasteiger partial charge in [-0.3, -0.25) is 9.59 Å². The molecule has 0 atom stereocenters. The normalized spacial score (nSPS) is 16.3. The number of nitrogens with zero attached hydrogens (tertiary/aromatic N) is 1. The molecule has 0 N–H and O–H groups in total. The third-order valence-electron chi connectivity index (χ3n) is 3.60. The first-order chi connectivity index (χ1) is 11.1. The largest absolute Gasteiger partial charge is 0.496 e. The van der Waals surface area contributed by atoms with Crippen LogP contribution in [-0.4, -0.2) is 18.9 Å². The molecule has 5 heteroatoms. The predicted octanol–water partition coefficient (Wildman–Crippen LogP) is 3.70. The lowest BCUT2D eigenvalue weighted by Crippen LogP contribution is -2.28. The van der Waals surface area contributed by atoms with Gasteiger partial charge in [0.1, 0.15) is 5.75 Å². The third-order valence-corrected chi connectivity index (χ3v) is 3.84. The van der Waals surface area contributed by atoms with Gasteiger partial charge in [0.05, 0.1) is 19.2 Å². The van der Waals surface area contributed by atoms with Crippen molar-refractivity contribution in [2.24, 2.45) is 0 Å². The molecule has 0 bridgehead atoms. The first kappa shape index (κ1) is 15.3. The van der Waals surface area contributed by atoms with E-state index in [4.69, 9.17) is 16.3 Å². The van der Waals surface area contributed by atoms with Gasteiger partial charge in [0, 0.05) is 16.2 Å². The van der Waals surface area contributed by atoms with E-state index in [0.29, 0.717) is 22.0 Å². The van der Waals surface area contributed by atoms with Gasteiger partial charge in [-0.15, -0.1) is 0 Å². The minimum atomic E-state index is -0.330. The van der Waals surface area contributed by atoms with Crippen LogP contribution in [0.2, 0.25) is 5.02 Å². The predicted molar refractivity (Wildman–Crippen MR) is 89.5 cm³/mol. The third kappa shape index (κ3) is 2.98. The van der Waals surface area contributed by atoms with Gasteiger partial charge in [-0.2, -0.15) is 0 Å². The number of carbonyl (C=O) groups is 2. The van der Waals surface area contributed by atoms with Crippen molar-refractivity contribution in [1.82, 2.24) is 0 Å². The summed E-state index contributed by atoms with van der Waals surface area (Å²) in [7, 11) is 1.57. The SMILES string of the molecule is COc1ccccc1/C=C1\CC(=O)N(c2cccc(Cl)c2)C1=O. The van der Waals surface area contributed by atoms with E-state index < -0.39 is 0 Å². The summed E-state index contributed by atoms with van der Waals surface area (Å²) in [4.78, 5) is 26.0. The van der Waals surface area contributed by atoms with Gasteiger partial charge in [-0.05, 0) is 30.3 Å². The molecule has 0 aromatic heterocycles. The van der Waals surface area contributed by atoms with Crippen molar-refractivity contribution in [3.8, 4) is 5.75 Å². The number of halogens is 1. The summed E-state index contributed by atoms with van der Waals surface area (Å²) in [5.41, 5.74) is 1.68. The topological polar surface area (TPSA) is 46.6 Å². The maximum absolute atomic E-state index is 12.6. The van der Waals surface area contributed by atoms with Gasteiger partial charge in [0.2, 0.25) is 5.91 Å². The van der Waals surface area contributed by atoms with Gasteiger partial charge in [-0.25, -0.2) is 4.90 Å². The first-order valence-electron chi connectivity index (χ1n) is 7.06. The number of imide groups is 1. The Morgan fingerprint density at radius 2 is 1.91 bits per heavy atom. The zero-order valence-corrected chi connectivity index (χ0v) is 13.2. The average molecular weight is 328 g/mol. The van der Waals surface area contributed by atoms with Gasteiger partial charge in [-0.1, -0.05) is 35.9 Å². The highest BCUT2D eigenvalue weighted by Gasteiger charge is 2.35. The molecule has 1 heterocycles. The molecule has 0 spiro atoms. The van der Waals surface area contributed by atoms with Crippen molar-refractivity contribution in [1.29, 1.82) is 0 Å². The number of amides is 2. The molecule has 3 rings (SSSR count). The van der Waals surface area contributed by atoms with E-state index in [0.717, 1.165) is 10.5 Å². The summed E-state index contributed by atoms with van der Waals surface area (Å²) >= 11 is 5.94. The second kappa shape index (κ2) is 6.26. The lowest BCUT2D eigenvalue weighted by molar-refractivity contribution is -0.120. The van der Waals surface area contributed by atoms with E-state index in [-0.39, 0.29) is 18.2 Å². The van der Waals surface area contributed by atoms with Crippen LogP contribution in [-0.2, 0) is 9.59 Å². The Hall–Kier alpha value is -2.59. The van der Waals surface area contributed by atoms with E-state index in [2.05, 4.69) is 0 Å². The first-order valence-corrected chi connectivity index (χ1v) is 7.44. The molecule has 2 aromatic rings. The number of hydrogen-bond acceptors (Lipinski definition) is 3. The Kier molecular flexibility index (Phi) is 4.17. The van der Waals surface area contributed by atoms with Crippen LogP contribution >= 0.6 is 11.6 Å². The molecule has 0 aliphatic carbocycles. The fourth-order valence-corrected chi connectivity index (χ4v) is 2.72. The summed E-state index contributed by atoms with van der Waals surface area (Å²) in [6.45, 7) is 0. The maximum Gasteiger partial charge on any atom is 0.261 e. The smallest absolute Gasteiger partial charge is 0.261 e. The Morgan fingerprint density at radius 3 is 2.65 bits per heavy atom. The minimum Gasteiger partial charge on any atom is -0.496 e. The number of para-hydroxylation sites is 1. The second-order valence-corrected chi connectivity index (χ2v) is 5.54. The van der Waals surface area contributed by atoms with E-state index in [1.165, 1.54) is 0 Å². The highest BCUT2D eigenvalue weighted by molar-refractivity contribution is 6.32. The van der Waals surface area contributed by atoms with Crippen LogP contribution in [0.5, 0.6) is 5.75 Å². The van der Waals surface area contributed by atoms with Crippen LogP contribution in [0.25, 0.3) is 6.08 Å². The highest BCUT2D eigenvalue weighted by atomic mass is 35.5. The van der Waals surface area contributed by atoms with E-state index >= 15 is 0 Å². The summed E-state index contributed by atoms with van der Waals surface area (Å²) in [5, 5.41) is 0.477. The van der Waals surface area contributed by atoms with Crippen molar-refractivity contribution in [3.05, 3.63) is 64.7 Å². The van der Waals surface area contributed by atoms with Crippen LogP contribution in [0.1, 0.15) is 12.0 Å². The molecule has 0 saturated carbocycles. The molecule has 0 radical (unpaired) electrons. The van der Waals surface area contributed by atoms with Crippen LogP contribution in [0, 0.1) is 0 Å². The van der Waals surface area contributed by atoms with Gasteiger partial charge in [0.15, 0.2) is 0 Å². The zero-order chi connectivity index (χ0) is 16.4. The van der Waals surface area contributed by atoms with Crippen LogP contribution in [0.3, 0.4) is 0 Å². The molecule has 4 nitrogen and oxygen atoms in total. The average Bonchev–Trinajstić information content (AvgIpc) is 2.82. The molecule has 116 valence electrons. The molecule has 1 aliphatic heterocycles. The standard InChI is InChI=1S/C18H14ClNO3/c1-23-16-8-3-2-5-12(16)9-13-10-17(21)20(18(13)22)15-7-4-6-14(19)11-15/h2-9,11H,10H2,1H3/b13-9+. The number of ether oxygens (including phenoxy) is 1. The molecular formula is C18H14ClNO3. The lowest BCUT2D eigenvalue weighted by atomic mass is 10.1. The Bertz CT molecular complexity index is 813. The number of carbonyl (C=O) groups excluding carboxylic acids is 2. The molecule has 1 fully saturated rings. The van der Waals surface area contributed by atoms with Gasteiger partial charge < -0.3 is 4.74 Å². The summed E-state index contributed by atoms with van der Waals surface area (Å²) in [6, 6.07) is 14.0. The quantitative estimate of drug-likeness (QED) is 0.638. The van der Waals surface area contributed by atoms with E-state index in [9.17, 15) is 9.59 Å². The number of methoxy groups -OCH3 is 1. The summed E-state index contributed by atoms with van der Waals surface area (Å²) in [6.07, 6.45) is 1.76. The minimum absolute atomic E-state index is 0.0589. The fraction of sp³-hybridized carbons (Fsp3) is 0.111. The number of rotatable bonds is 3. The second-order valence-electron chi connectivity index (χ2n) is 5.10. The molecule has 1 saturated heterocycles. The Morgan fingerprint density at radius 1 is 1.13 bits per heavy atom. The van der Waals surface area contributed by atoms with Gasteiger partial charge in [0.25, 0.3) is 5.91 Å². The van der Waals surface area contributed by atoms with Crippen molar-refractivity contribution in [2.75, 3.05) is 12.0 Å². The number of anilines is 1. The Balaban J connectivity index is 1.97. The molecule has 23 heavy (non-hydrogen) atoms. The molecule has 0 unspecified atom stereocenters. The van der Waals surface area contributed by atoms with E-state index in [1.807, 2.05) is 24.3 Å². The van der Waals surface area contributed by atoms with Crippen LogP contribution in [0.15, 0.2) is 54.1 Å². The van der Waals surface area contributed by atoms with Crippen LogP contribution < -0.4 is 9.64 Å². The summed E-state index contributed by atoms with van der Waals surface area (Å²) < 4.78 is 5.27. The number of hydrogen-bond donors (Lipinski definition) is 0. The molecule has 2 aromatic carbocycles. The summed E-state index contributed by atoms with van der Waals surface area (Å²) in [5.74, 6) is 0.0584. The van der Waals surface area contributed by atoms with Crippen molar-refractivity contribution in [2.45, 2.75) is 6.42 Å². The van der Waals surface area contributed by atoms with Gasteiger partial charge >= 0.3 is 0 Å². The molecule has 1 aliphatic rings. The Labute approximate surface area is 138 Å². The zero-order valence-electron chi connectivity index (χ0n) is 12.5. The maximum atomic E-state index is 12.6. The molecule has 2 amide bonds. The molecular weight excluding hydrogens is 314 g/mol. The van der Waals surface area contributed by atoms with E-state index in [1.54, 1.807) is 37.5 Å². The fourth-order valence-electron chi connectivity index (χ4n) is 2.54. The number of benzene rings is 2. The van der Waals surface area contributed by atoms with Crippen LogP contribution in [0.4, 0.5) is 5.69 Å². The highest BCUT2D eigenvalue weighted by Crippen LogP contribution is 2.30. The van der Waals surface area contributed by atoms with Crippen molar-refractivity contribution in [3.63, 3.8) is 0 Å². The lowest BCUT2D eigenvalue weighted by Gasteiger charge is -2.13. The monoisotopic (exact) mass is 327 g/mol. The van der Waals surface area contributed by atoms with Crippen molar-refractivity contribution >= 4 is 35.2 Å². The van der Waals surface area contributed by atoms with Crippen molar-refractivity contribution < 1.29 is 14.3 Å².